The molecule has 0 aliphatic carbocycles. The number of hydrogen-bond acceptors (Lipinski definition) is 5. The number of nitrogens with two attached hydrogens (primary N) is 1. The van der Waals surface area contributed by atoms with E-state index in [9.17, 15) is 4.79 Å². The Kier molecular flexibility index (Phi) is 4.50. The van der Waals surface area contributed by atoms with Gasteiger partial charge in [-0.1, -0.05) is 25.1 Å². The predicted octanol–water partition coefficient (Wildman–Crippen LogP) is 2.75. The lowest BCUT2D eigenvalue weighted by atomic mass is 9.77. The van der Waals surface area contributed by atoms with E-state index in [0.29, 0.717) is 13.2 Å². The number of benzene rings is 1. The van der Waals surface area contributed by atoms with Crippen LogP contribution in [0.3, 0.4) is 0 Å². The minimum Gasteiger partial charge on any atom is -0.487 e. The Labute approximate surface area is 159 Å². The van der Waals surface area contributed by atoms with Crippen LogP contribution in [-0.2, 0) is 17.8 Å². The van der Waals surface area contributed by atoms with Crippen molar-refractivity contribution in [2.24, 2.45) is 11.1 Å². The maximum absolute atomic E-state index is 12.2. The maximum atomic E-state index is 12.2. The first kappa shape index (κ1) is 17.8. The molecule has 0 unspecified atom stereocenters. The van der Waals surface area contributed by atoms with Gasteiger partial charge in [-0.3, -0.25) is 4.79 Å². The van der Waals surface area contributed by atoms with Crippen molar-refractivity contribution in [3.05, 3.63) is 46.9 Å². The van der Waals surface area contributed by atoms with Gasteiger partial charge in [-0.25, -0.2) is 9.97 Å². The zero-order valence-corrected chi connectivity index (χ0v) is 16.0. The molecule has 1 fully saturated rings. The summed E-state index contributed by atoms with van der Waals surface area (Å²) in [6, 6.07) is 8.10. The molecule has 3 heterocycles. The molecule has 1 aromatic heterocycles. The highest BCUT2D eigenvalue weighted by molar-refractivity contribution is 5.82. The van der Waals surface area contributed by atoms with E-state index in [4.69, 9.17) is 15.5 Å². The van der Waals surface area contributed by atoms with Crippen molar-refractivity contribution in [3.8, 4) is 5.75 Å². The molecule has 142 valence electrons. The first-order valence-electron chi connectivity index (χ1n) is 9.64. The number of anilines is 1. The minimum atomic E-state index is -0.483. The van der Waals surface area contributed by atoms with E-state index < -0.39 is 5.41 Å². The standard InChI is InChI=1S/C21H26N4O2/c1-3-21(20(22)26)9-6-10-25(13-21)19-16-11-15-7-4-5-8-18(15)27-12-17(16)23-14(2)24-19/h4-5,7-8H,3,6,9-13H2,1-2H3,(H2,22,26)/t21-/m0/s1. The van der Waals surface area contributed by atoms with Crippen LogP contribution < -0.4 is 15.4 Å². The molecule has 1 saturated heterocycles. The van der Waals surface area contributed by atoms with Crippen LogP contribution >= 0.6 is 0 Å². The van der Waals surface area contributed by atoms with Crippen LogP contribution in [0.25, 0.3) is 0 Å². The molecule has 1 amide bonds. The van der Waals surface area contributed by atoms with Crippen molar-refractivity contribution >= 4 is 11.7 Å². The summed E-state index contributed by atoms with van der Waals surface area (Å²) in [5, 5.41) is 0. The average Bonchev–Trinajstić information content (AvgIpc) is 2.86. The van der Waals surface area contributed by atoms with E-state index >= 15 is 0 Å². The van der Waals surface area contributed by atoms with E-state index in [-0.39, 0.29) is 5.91 Å². The number of para-hydroxylation sites is 1. The maximum Gasteiger partial charge on any atom is 0.225 e. The van der Waals surface area contributed by atoms with Crippen molar-refractivity contribution in [1.29, 1.82) is 0 Å². The van der Waals surface area contributed by atoms with Gasteiger partial charge in [-0.15, -0.1) is 0 Å². The van der Waals surface area contributed by atoms with Gasteiger partial charge in [0.15, 0.2) is 0 Å². The summed E-state index contributed by atoms with van der Waals surface area (Å²) in [5.41, 5.74) is 8.48. The number of carbonyl (C=O) groups excluding carboxylic acids is 1. The zero-order chi connectivity index (χ0) is 19.0. The molecule has 0 radical (unpaired) electrons. The topological polar surface area (TPSA) is 81.3 Å². The molecule has 2 N–H and O–H groups in total. The molecular formula is C21H26N4O2. The Morgan fingerprint density at radius 3 is 2.93 bits per heavy atom. The van der Waals surface area contributed by atoms with Gasteiger partial charge in [0.1, 0.15) is 24.0 Å². The summed E-state index contributed by atoms with van der Waals surface area (Å²) in [7, 11) is 0. The molecule has 0 bridgehead atoms. The molecule has 1 aromatic carbocycles. The minimum absolute atomic E-state index is 0.208. The number of primary amides is 1. The lowest BCUT2D eigenvalue weighted by molar-refractivity contribution is -0.128. The van der Waals surface area contributed by atoms with Crippen LogP contribution in [0.1, 0.15) is 48.8 Å². The number of rotatable bonds is 3. The van der Waals surface area contributed by atoms with Crippen molar-refractivity contribution < 1.29 is 9.53 Å². The molecule has 27 heavy (non-hydrogen) atoms. The smallest absolute Gasteiger partial charge is 0.225 e. The Balaban J connectivity index is 1.76. The Morgan fingerprint density at radius 2 is 2.15 bits per heavy atom. The van der Waals surface area contributed by atoms with E-state index in [1.165, 1.54) is 0 Å². The van der Waals surface area contributed by atoms with Gasteiger partial charge in [-0.05, 0) is 37.8 Å². The van der Waals surface area contributed by atoms with Crippen LogP contribution in [0.4, 0.5) is 5.82 Å². The molecule has 1 atom stereocenters. The Morgan fingerprint density at radius 1 is 1.33 bits per heavy atom. The number of aryl methyl sites for hydroxylation is 1. The molecule has 6 heteroatoms. The Hall–Kier alpha value is -2.63. The van der Waals surface area contributed by atoms with Crippen LogP contribution in [0, 0.1) is 12.3 Å². The van der Waals surface area contributed by atoms with Crippen molar-refractivity contribution in [2.75, 3.05) is 18.0 Å². The van der Waals surface area contributed by atoms with Crippen molar-refractivity contribution in [3.63, 3.8) is 0 Å². The first-order chi connectivity index (χ1) is 13.0. The second-order valence-corrected chi connectivity index (χ2v) is 7.62. The quantitative estimate of drug-likeness (QED) is 0.903. The number of ether oxygens (including phenoxy) is 1. The molecular weight excluding hydrogens is 340 g/mol. The highest BCUT2D eigenvalue weighted by Crippen LogP contribution is 2.38. The van der Waals surface area contributed by atoms with Gasteiger partial charge in [-0.2, -0.15) is 0 Å². The van der Waals surface area contributed by atoms with Gasteiger partial charge < -0.3 is 15.4 Å². The molecule has 0 spiro atoms. The number of carbonyl (C=O) groups is 1. The van der Waals surface area contributed by atoms with E-state index in [0.717, 1.165) is 66.4 Å². The fourth-order valence-corrected chi connectivity index (χ4v) is 4.30. The fourth-order valence-electron chi connectivity index (χ4n) is 4.30. The monoisotopic (exact) mass is 366 g/mol. The number of hydrogen-bond donors (Lipinski definition) is 1. The normalized spacial score (nSPS) is 21.6. The molecule has 0 saturated carbocycles. The number of fused-ring (bicyclic) bond motifs is 2. The summed E-state index contributed by atoms with van der Waals surface area (Å²) < 4.78 is 5.99. The third-order valence-corrected chi connectivity index (χ3v) is 5.96. The molecule has 4 rings (SSSR count). The highest BCUT2D eigenvalue weighted by Gasteiger charge is 2.40. The van der Waals surface area contributed by atoms with E-state index in [1.54, 1.807) is 0 Å². The van der Waals surface area contributed by atoms with Crippen LogP contribution in [0.5, 0.6) is 5.75 Å². The fraction of sp³-hybridized carbons (Fsp3) is 0.476. The molecule has 6 nitrogen and oxygen atoms in total. The Bertz CT molecular complexity index is 882. The predicted molar refractivity (Wildman–Crippen MR) is 104 cm³/mol. The van der Waals surface area contributed by atoms with Crippen LogP contribution in [-0.4, -0.2) is 29.0 Å². The summed E-state index contributed by atoms with van der Waals surface area (Å²) >= 11 is 0. The van der Waals surface area contributed by atoms with Gasteiger partial charge in [0.2, 0.25) is 5.91 Å². The van der Waals surface area contributed by atoms with E-state index in [2.05, 4.69) is 16.0 Å². The number of nitrogens with zero attached hydrogens (tertiary/aromatic N) is 3. The molecule has 2 aromatic rings. The van der Waals surface area contributed by atoms with Gasteiger partial charge >= 0.3 is 0 Å². The molecule has 2 aliphatic heterocycles. The average molecular weight is 366 g/mol. The summed E-state index contributed by atoms with van der Waals surface area (Å²) in [6.45, 7) is 5.88. The van der Waals surface area contributed by atoms with Gasteiger partial charge in [0, 0.05) is 25.1 Å². The van der Waals surface area contributed by atoms with Gasteiger partial charge in [0.05, 0.1) is 11.1 Å². The largest absolute Gasteiger partial charge is 0.487 e. The second-order valence-electron chi connectivity index (χ2n) is 7.62. The summed E-state index contributed by atoms with van der Waals surface area (Å²) in [5.74, 6) is 2.35. The lowest BCUT2D eigenvalue weighted by Crippen LogP contribution is -2.50. The van der Waals surface area contributed by atoms with Crippen LogP contribution in [0.2, 0.25) is 0 Å². The third-order valence-electron chi connectivity index (χ3n) is 5.96. The highest BCUT2D eigenvalue weighted by atomic mass is 16.5. The van der Waals surface area contributed by atoms with Crippen LogP contribution in [0.15, 0.2) is 24.3 Å². The molecule has 2 aliphatic rings. The zero-order valence-electron chi connectivity index (χ0n) is 16.0. The number of piperidine rings is 1. The third kappa shape index (κ3) is 3.13. The second kappa shape index (κ2) is 6.83. The number of aromatic nitrogens is 2. The van der Waals surface area contributed by atoms with Gasteiger partial charge in [0.25, 0.3) is 0 Å². The van der Waals surface area contributed by atoms with E-state index in [1.807, 2.05) is 32.0 Å². The van der Waals surface area contributed by atoms with Crippen molar-refractivity contribution in [2.45, 2.75) is 46.1 Å². The summed E-state index contributed by atoms with van der Waals surface area (Å²) in [6.07, 6.45) is 3.25. The number of amides is 1. The summed E-state index contributed by atoms with van der Waals surface area (Å²) in [4.78, 5) is 23.9. The SMILES string of the molecule is CC[C@]1(C(N)=O)CCCN(c2nc(C)nc3c2Cc2ccccc2OC3)C1. The first-order valence-corrected chi connectivity index (χ1v) is 9.64. The van der Waals surface area contributed by atoms with Crippen molar-refractivity contribution in [1.82, 2.24) is 9.97 Å². The lowest BCUT2D eigenvalue weighted by Gasteiger charge is -2.41.